The maximum Gasteiger partial charge on any atom is 0.228 e. The van der Waals surface area contributed by atoms with Gasteiger partial charge in [0, 0.05) is 12.3 Å². The largest absolute Gasteiger partial charge is 0.497 e. The molecule has 0 atom stereocenters. The van der Waals surface area contributed by atoms with Crippen LogP contribution in [0.2, 0.25) is 0 Å². The van der Waals surface area contributed by atoms with E-state index in [-0.39, 0.29) is 17.2 Å². The Bertz CT molecular complexity index is 829. The van der Waals surface area contributed by atoms with Crippen molar-refractivity contribution in [3.63, 3.8) is 0 Å². The minimum atomic E-state index is -3.24. The maximum atomic E-state index is 12.2. The van der Waals surface area contributed by atoms with Gasteiger partial charge in [-0.3, -0.25) is 4.79 Å². The fourth-order valence-corrected chi connectivity index (χ4v) is 2.77. The van der Waals surface area contributed by atoms with Crippen molar-refractivity contribution in [3.05, 3.63) is 48.0 Å². The number of hydrogen-bond acceptors (Lipinski definition) is 5. The smallest absolute Gasteiger partial charge is 0.228 e. The Morgan fingerprint density at radius 2 is 1.71 bits per heavy atom. The summed E-state index contributed by atoms with van der Waals surface area (Å²) in [5, 5.41) is 2.77. The number of rotatable bonds is 6. The quantitative estimate of drug-likeness (QED) is 0.865. The molecule has 0 aliphatic rings. The second-order valence-corrected chi connectivity index (χ2v) is 7.22. The summed E-state index contributed by atoms with van der Waals surface area (Å²) in [7, 11) is -0.184. The SMILES string of the molecule is COc1ccc(NC(=O)Cc2ccc(S(C)(=O)=O)cc2)c(OC)c1. The number of benzene rings is 2. The molecule has 0 saturated heterocycles. The van der Waals surface area contributed by atoms with E-state index in [1.165, 1.54) is 19.2 Å². The average molecular weight is 349 g/mol. The predicted molar refractivity (Wildman–Crippen MR) is 91.4 cm³/mol. The fourth-order valence-electron chi connectivity index (χ4n) is 2.14. The minimum absolute atomic E-state index is 0.124. The van der Waals surface area contributed by atoms with Gasteiger partial charge in [-0.25, -0.2) is 8.42 Å². The summed E-state index contributed by atoms with van der Waals surface area (Å²) in [5.74, 6) is 0.891. The molecule has 0 aliphatic carbocycles. The number of nitrogens with one attached hydrogen (secondary N) is 1. The number of ether oxygens (including phenoxy) is 2. The predicted octanol–water partition coefficient (Wildman–Crippen LogP) is 2.29. The molecule has 7 heteroatoms. The van der Waals surface area contributed by atoms with Crippen LogP contribution in [0.25, 0.3) is 0 Å². The normalized spacial score (nSPS) is 11.0. The van der Waals surface area contributed by atoms with E-state index in [0.717, 1.165) is 6.26 Å². The van der Waals surface area contributed by atoms with Gasteiger partial charge < -0.3 is 14.8 Å². The summed E-state index contributed by atoms with van der Waals surface area (Å²) in [6.07, 6.45) is 1.27. The van der Waals surface area contributed by atoms with E-state index in [0.29, 0.717) is 22.7 Å². The number of carbonyl (C=O) groups excluding carboxylic acids is 1. The molecule has 2 aromatic rings. The third-order valence-electron chi connectivity index (χ3n) is 3.40. The first kappa shape index (κ1) is 17.8. The molecule has 0 radical (unpaired) electrons. The van der Waals surface area contributed by atoms with Crippen LogP contribution in [-0.2, 0) is 21.1 Å². The van der Waals surface area contributed by atoms with Crippen molar-refractivity contribution in [1.82, 2.24) is 0 Å². The number of sulfone groups is 1. The highest BCUT2D eigenvalue weighted by molar-refractivity contribution is 7.90. The topological polar surface area (TPSA) is 81.7 Å². The van der Waals surface area contributed by atoms with Crippen molar-refractivity contribution in [3.8, 4) is 11.5 Å². The Balaban J connectivity index is 2.08. The molecule has 2 aromatic carbocycles. The van der Waals surface area contributed by atoms with E-state index < -0.39 is 9.84 Å². The van der Waals surface area contributed by atoms with Gasteiger partial charge in [0.15, 0.2) is 9.84 Å². The molecule has 6 nitrogen and oxygen atoms in total. The monoisotopic (exact) mass is 349 g/mol. The molecule has 1 amide bonds. The third kappa shape index (κ3) is 4.48. The van der Waals surface area contributed by atoms with Gasteiger partial charge in [-0.15, -0.1) is 0 Å². The molecule has 24 heavy (non-hydrogen) atoms. The Morgan fingerprint density at radius 1 is 1.04 bits per heavy atom. The van der Waals surface area contributed by atoms with E-state index in [2.05, 4.69) is 5.32 Å². The lowest BCUT2D eigenvalue weighted by Gasteiger charge is -2.11. The summed E-state index contributed by atoms with van der Waals surface area (Å²) in [6, 6.07) is 11.3. The molecule has 0 spiro atoms. The highest BCUT2D eigenvalue weighted by Gasteiger charge is 2.11. The molecular weight excluding hydrogens is 330 g/mol. The first-order valence-electron chi connectivity index (χ1n) is 7.14. The van der Waals surface area contributed by atoms with Gasteiger partial charge in [-0.1, -0.05) is 12.1 Å². The van der Waals surface area contributed by atoms with Crippen molar-refractivity contribution in [2.75, 3.05) is 25.8 Å². The van der Waals surface area contributed by atoms with E-state index in [4.69, 9.17) is 9.47 Å². The molecular formula is C17H19NO5S. The maximum absolute atomic E-state index is 12.2. The molecule has 0 fully saturated rings. The Labute approximate surface area is 141 Å². The summed E-state index contributed by atoms with van der Waals surface area (Å²) < 4.78 is 33.2. The zero-order valence-electron chi connectivity index (χ0n) is 13.7. The van der Waals surface area contributed by atoms with Gasteiger partial charge >= 0.3 is 0 Å². The first-order valence-corrected chi connectivity index (χ1v) is 9.03. The van der Waals surface area contributed by atoms with Crippen LogP contribution in [0.4, 0.5) is 5.69 Å². The Hall–Kier alpha value is -2.54. The molecule has 0 unspecified atom stereocenters. The van der Waals surface area contributed by atoms with Crippen molar-refractivity contribution in [1.29, 1.82) is 0 Å². The van der Waals surface area contributed by atoms with Crippen LogP contribution < -0.4 is 14.8 Å². The lowest BCUT2D eigenvalue weighted by atomic mass is 10.1. The number of hydrogen-bond donors (Lipinski definition) is 1. The summed E-state index contributed by atoms with van der Waals surface area (Å²) >= 11 is 0. The first-order chi connectivity index (χ1) is 11.3. The zero-order chi connectivity index (χ0) is 17.7. The van der Waals surface area contributed by atoms with Crippen LogP contribution in [-0.4, -0.2) is 34.8 Å². The molecule has 0 aromatic heterocycles. The van der Waals surface area contributed by atoms with Crippen LogP contribution in [0.5, 0.6) is 11.5 Å². The van der Waals surface area contributed by atoms with E-state index in [1.807, 2.05) is 0 Å². The number of carbonyl (C=O) groups is 1. The van der Waals surface area contributed by atoms with Crippen molar-refractivity contribution >= 4 is 21.4 Å². The molecule has 2 rings (SSSR count). The van der Waals surface area contributed by atoms with Gasteiger partial charge in [-0.2, -0.15) is 0 Å². The molecule has 128 valence electrons. The third-order valence-corrected chi connectivity index (χ3v) is 4.53. The van der Waals surface area contributed by atoms with Crippen molar-refractivity contribution in [2.45, 2.75) is 11.3 Å². The van der Waals surface area contributed by atoms with Crippen LogP contribution in [0.15, 0.2) is 47.4 Å². The van der Waals surface area contributed by atoms with Crippen LogP contribution in [0.1, 0.15) is 5.56 Å². The molecule has 0 bridgehead atoms. The Kier molecular flexibility index (Phi) is 5.46. The van der Waals surface area contributed by atoms with E-state index in [9.17, 15) is 13.2 Å². The number of anilines is 1. The van der Waals surface area contributed by atoms with Gasteiger partial charge in [-0.05, 0) is 29.8 Å². The molecule has 0 heterocycles. The van der Waals surface area contributed by atoms with Gasteiger partial charge in [0.25, 0.3) is 0 Å². The van der Waals surface area contributed by atoms with Crippen molar-refractivity contribution in [2.24, 2.45) is 0 Å². The van der Waals surface area contributed by atoms with Crippen molar-refractivity contribution < 1.29 is 22.7 Å². The lowest BCUT2D eigenvalue weighted by Crippen LogP contribution is -2.15. The number of amides is 1. The summed E-state index contributed by atoms with van der Waals surface area (Å²) in [5.41, 5.74) is 1.25. The van der Waals surface area contributed by atoms with E-state index >= 15 is 0 Å². The highest BCUT2D eigenvalue weighted by Crippen LogP contribution is 2.29. The van der Waals surface area contributed by atoms with Gasteiger partial charge in [0.1, 0.15) is 11.5 Å². The second kappa shape index (κ2) is 7.35. The summed E-state index contributed by atoms with van der Waals surface area (Å²) in [6.45, 7) is 0. The van der Waals surface area contributed by atoms with Crippen LogP contribution >= 0.6 is 0 Å². The minimum Gasteiger partial charge on any atom is -0.497 e. The zero-order valence-corrected chi connectivity index (χ0v) is 14.5. The van der Waals surface area contributed by atoms with Gasteiger partial charge in [0.2, 0.25) is 5.91 Å². The van der Waals surface area contributed by atoms with E-state index in [1.54, 1.807) is 37.4 Å². The lowest BCUT2D eigenvalue weighted by molar-refractivity contribution is -0.115. The van der Waals surface area contributed by atoms with Crippen LogP contribution in [0.3, 0.4) is 0 Å². The number of methoxy groups -OCH3 is 2. The summed E-state index contributed by atoms with van der Waals surface area (Å²) in [4.78, 5) is 12.4. The molecule has 1 N–H and O–H groups in total. The second-order valence-electron chi connectivity index (χ2n) is 5.21. The average Bonchev–Trinajstić information content (AvgIpc) is 2.54. The molecule has 0 saturated carbocycles. The van der Waals surface area contributed by atoms with Gasteiger partial charge in [0.05, 0.1) is 31.2 Å². The molecule has 0 aliphatic heterocycles. The van der Waals surface area contributed by atoms with Crippen LogP contribution in [0, 0.1) is 0 Å². The fraction of sp³-hybridized carbons (Fsp3) is 0.235. The highest BCUT2D eigenvalue weighted by atomic mass is 32.2. The Morgan fingerprint density at radius 3 is 2.25 bits per heavy atom. The standard InChI is InChI=1S/C17H19NO5S/c1-22-13-6-9-15(16(11-13)23-2)18-17(19)10-12-4-7-14(8-5-12)24(3,20)21/h4-9,11H,10H2,1-3H3,(H,18,19).